The number of rotatable bonds is 7. The molecule has 0 saturated heterocycles. The molecule has 1 atom stereocenters. The van der Waals surface area contributed by atoms with Crippen LogP contribution in [-0.2, 0) is 16.6 Å². The predicted molar refractivity (Wildman–Crippen MR) is 99.8 cm³/mol. The maximum atomic E-state index is 12.4. The van der Waals surface area contributed by atoms with Crippen LogP contribution >= 0.6 is 0 Å². The largest absolute Gasteiger partial charge is 0.351 e. The summed E-state index contributed by atoms with van der Waals surface area (Å²) in [4.78, 5) is 12.4. The van der Waals surface area contributed by atoms with E-state index < -0.39 is 10.8 Å². The Hall–Kier alpha value is -1.88. The van der Waals surface area contributed by atoms with Crippen LogP contribution in [0.4, 0.5) is 0 Å². The number of aryl methyl sites for hydroxylation is 1. The van der Waals surface area contributed by atoms with Crippen LogP contribution in [0.3, 0.4) is 0 Å². The van der Waals surface area contributed by atoms with Crippen LogP contribution in [0.1, 0.15) is 47.2 Å². The van der Waals surface area contributed by atoms with Gasteiger partial charge in [0, 0.05) is 46.3 Å². The quantitative estimate of drug-likeness (QED) is 0.836. The molecule has 0 aliphatic carbocycles. The fourth-order valence-electron chi connectivity index (χ4n) is 3.01. The predicted octanol–water partition coefficient (Wildman–Crippen LogP) is 3.36. The molecular formula is C19H26N2O2S. The van der Waals surface area contributed by atoms with Gasteiger partial charge in [0.25, 0.3) is 5.91 Å². The first kappa shape index (κ1) is 18.5. The number of hydrogen-bond acceptors (Lipinski definition) is 2. The Kier molecular flexibility index (Phi) is 6.37. The molecule has 1 aromatic carbocycles. The van der Waals surface area contributed by atoms with Crippen molar-refractivity contribution in [1.82, 2.24) is 9.88 Å². The van der Waals surface area contributed by atoms with Crippen molar-refractivity contribution < 1.29 is 9.00 Å². The van der Waals surface area contributed by atoms with Crippen LogP contribution in [0.15, 0.2) is 36.4 Å². The van der Waals surface area contributed by atoms with Crippen molar-refractivity contribution in [2.24, 2.45) is 0 Å². The average molecular weight is 346 g/mol. The van der Waals surface area contributed by atoms with Gasteiger partial charge in [-0.2, -0.15) is 0 Å². The fourth-order valence-corrected chi connectivity index (χ4v) is 4.05. The Morgan fingerprint density at radius 1 is 1.21 bits per heavy atom. The van der Waals surface area contributed by atoms with E-state index in [4.69, 9.17) is 0 Å². The molecule has 1 N–H and O–H groups in total. The van der Waals surface area contributed by atoms with Gasteiger partial charge in [0.1, 0.15) is 0 Å². The molecule has 0 radical (unpaired) electrons. The van der Waals surface area contributed by atoms with Gasteiger partial charge < -0.3 is 9.88 Å². The van der Waals surface area contributed by atoms with E-state index in [0.717, 1.165) is 17.0 Å². The minimum Gasteiger partial charge on any atom is -0.351 e. The summed E-state index contributed by atoms with van der Waals surface area (Å²) in [6.07, 6.45) is 0. The van der Waals surface area contributed by atoms with Crippen molar-refractivity contribution >= 4 is 16.7 Å². The highest BCUT2D eigenvalue weighted by Gasteiger charge is 2.16. The van der Waals surface area contributed by atoms with Crippen molar-refractivity contribution in [3.63, 3.8) is 0 Å². The minimum absolute atomic E-state index is 0.0910. The maximum absolute atomic E-state index is 12.4. The van der Waals surface area contributed by atoms with Gasteiger partial charge in [-0.25, -0.2) is 0 Å². The van der Waals surface area contributed by atoms with Crippen molar-refractivity contribution in [3.05, 3.63) is 58.9 Å². The molecule has 0 spiro atoms. The first-order valence-electron chi connectivity index (χ1n) is 8.25. The lowest BCUT2D eigenvalue weighted by Gasteiger charge is -2.13. The third-order valence-corrected chi connectivity index (χ3v) is 5.35. The second kappa shape index (κ2) is 8.29. The van der Waals surface area contributed by atoms with Crippen LogP contribution in [0, 0.1) is 13.8 Å². The SMILES string of the molecule is Cc1cc(C(=O)NCCS(=O)Cc2ccccc2)c(C)n1C(C)C. The zero-order chi connectivity index (χ0) is 17.7. The molecule has 0 saturated carbocycles. The molecule has 5 heteroatoms. The Balaban J connectivity index is 1.88. The number of carbonyl (C=O) groups is 1. The summed E-state index contributed by atoms with van der Waals surface area (Å²) >= 11 is 0. The lowest BCUT2D eigenvalue weighted by molar-refractivity contribution is 0.0955. The molecule has 0 bridgehead atoms. The molecule has 1 amide bonds. The Morgan fingerprint density at radius 2 is 1.88 bits per heavy atom. The zero-order valence-corrected chi connectivity index (χ0v) is 15.7. The molecule has 0 aliphatic heterocycles. The molecular weight excluding hydrogens is 320 g/mol. The third-order valence-electron chi connectivity index (χ3n) is 4.03. The summed E-state index contributed by atoms with van der Waals surface area (Å²) in [6, 6.07) is 12.0. The van der Waals surface area contributed by atoms with Gasteiger partial charge in [-0.3, -0.25) is 9.00 Å². The number of benzene rings is 1. The highest BCUT2D eigenvalue weighted by atomic mass is 32.2. The second-order valence-corrected chi connectivity index (χ2v) is 7.85. The van der Waals surface area contributed by atoms with E-state index in [1.54, 1.807) is 0 Å². The third kappa shape index (κ3) is 4.57. The van der Waals surface area contributed by atoms with E-state index >= 15 is 0 Å². The summed E-state index contributed by atoms with van der Waals surface area (Å²) < 4.78 is 14.3. The van der Waals surface area contributed by atoms with Crippen LogP contribution in [0.2, 0.25) is 0 Å². The molecule has 2 aromatic rings. The summed E-state index contributed by atoms with van der Waals surface area (Å²) in [6.45, 7) is 8.61. The van der Waals surface area contributed by atoms with E-state index in [-0.39, 0.29) is 5.91 Å². The summed E-state index contributed by atoms with van der Waals surface area (Å²) in [7, 11) is -0.976. The monoisotopic (exact) mass is 346 g/mol. The maximum Gasteiger partial charge on any atom is 0.253 e. The van der Waals surface area contributed by atoms with Crippen molar-refractivity contribution in [2.45, 2.75) is 39.5 Å². The standard InChI is InChI=1S/C19H26N2O2S/c1-14(2)21-15(3)12-18(16(21)4)19(22)20-10-11-24(23)13-17-8-6-5-7-9-17/h5-9,12,14H,10-11,13H2,1-4H3,(H,20,22). The van der Waals surface area contributed by atoms with Gasteiger partial charge >= 0.3 is 0 Å². The smallest absolute Gasteiger partial charge is 0.253 e. The molecule has 0 aliphatic rings. The summed E-state index contributed by atoms with van der Waals surface area (Å²) in [5, 5.41) is 2.89. The highest BCUT2D eigenvalue weighted by Crippen LogP contribution is 2.19. The van der Waals surface area contributed by atoms with E-state index in [1.165, 1.54) is 0 Å². The van der Waals surface area contributed by atoms with Gasteiger partial charge in [0.05, 0.1) is 5.56 Å². The highest BCUT2D eigenvalue weighted by molar-refractivity contribution is 7.84. The van der Waals surface area contributed by atoms with E-state index in [9.17, 15) is 9.00 Å². The first-order chi connectivity index (χ1) is 11.4. The number of nitrogens with one attached hydrogen (secondary N) is 1. The van der Waals surface area contributed by atoms with Gasteiger partial charge in [-0.05, 0) is 39.3 Å². The van der Waals surface area contributed by atoms with Gasteiger partial charge in [0.2, 0.25) is 0 Å². The lowest BCUT2D eigenvalue weighted by Crippen LogP contribution is -2.28. The molecule has 0 fully saturated rings. The van der Waals surface area contributed by atoms with E-state index in [2.05, 4.69) is 23.7 Å². The van der Waals surface area contributed by atoms with Crippen LogP contribution in [0.5, 0.6) is 0 Å². The molecule has 2 rings (SSSR count). The zero-order valence-electron chi connectivity index (χ0n) is 14.8. The Bertz CT molecular complexity index is 720. The van der Waals surface area contributed by atoms with Crippen molar-refractivity contribution in [3.8, 4) is 0 Å². The number of hydrogen-bond donors (Lipinski definition) is 1. The normalized spacial score (nSPS) is 12.4. The van der Waals surface area contributed by atoms with Gasteiger partial charge in [-0.1, -0.05) is 30.3 Å². The summed E-state index contributed by atoms with van der Waals surface area (Å²) in [5.41, 5.74) is 3.82. The second-order valence-electron chi connectivity index (χ2n) is 6.28. The average Bonchev–Trinajstić information content (AvgIpc) is 2.83. The molecule has 1 unspecified atom stereocenters. The van der Waals surface area contributed by atoms with E-state index in [1.807, 2.05) is 50.2 Å². The van der Waals surface area contributed by atoms with Gasteiger partial charge in [0.15, 0.2) is 0 Å². The number of carbonyl (C=O) groups excluding carboxylic acids is 1. The molecule has 24 heavy (non-hydrogen) atoms. The minimum atomic E-state index is -0.976. The molecule has 4 nitrogen and oxygen atoms in total. The van der Waals surface area contributed by atoms with E-state index in [0.29, 0.717) is 29.7 Å². The lowest BCUT2D eigenvalue weighted by atomic mass is 10.2. The topological polar surface area (TPSA) is 51.1 Å². The summed E-state index contributed by atoms with van der Waals surface area (Å²) in [5.74, 6) is 0.897. The number of nitrogens with zero attached hydrogens (tertiary/aromatic N) is 1. The van der Waals surface area contributed by atoms with Crippen LogP contribution < -0.4 is 5.32 Å². The number of amides is 1. The van der Waals surface area contributed by atoms with Gasteiger partial charge in [-0.15, -0.1) is 0 Å². The Labute approximate surface area is 146 Å². The number of aromatic nitrogens is 1. The van der Waals surface area contributed by atoms with Crippen LogP contribution in [0.25, 0.3) is 0 Å². The molecule has 130 valence electrons. The first-order valence-corrected chi connectivity index (χ1v) is 9.74. The fraction of sp³-hybridized carbons (Fsp3) is 0.421. The van der Waals surface area contributed by atoms with Crippen molar-refractivity contribution in [1.29, 1.82) is 0 Å². The molecule has 1 heterocycles. The van der Waals surface area contributed by atoms with Crippen molar-refractivity contribution in [2.75, 3.05) is 12.3 Å². The molecule has 1 aromatic heterocycles. The Morgan fingerprint density at radius 3 is 2.46 bits per heavy atom. The van der Waals surface area contributed by atoms with Crippen LogP contribution in [-0.4, -0.2) is 27.0 Å².